The van der Waals surface area contributed by atoms with Gasteiger partial charge in [0.1, 0.15) is 39.6 Å². The van der Waals surface area contributed by atoms with Crippen molar-refractivity contribution < 1.29 is 43.0 Å². The first-order chi connectivity index (χ1) is 35.4. The van der Waals surface area contributed by atoms with Crippen molar-refractivity contribution in [2.45, 2.75) is 159 Å². The lowest BCUT2D eigenvalue weighted by atomic mass is 10.0. The Kier molecular flexibility index (Phi) is 19.4. The van der Waals surface area contributed by atoms with E-state index in [2.05, 4.69) is 42.0 Å². The quantitative estimate of drug-likeness (QED) is 0.0511. The normalized spacial score (nSPS) is 17.2. The zero-order valence-corrected chi connectivity index (χ0v) is 45.9. The van der Waals surface area contributed by atoms with Gasteiger partial charge in [0.05, 0.1) is 22.8 Å². The number of nitrogens with zero attached hydrogens (tertiary/aromatic N) is 5. The van der Waals surface area contributed by atoms with Gasteiger partial charge in [-0.1, -0.05) is 47.6 Å². The fourth-order valence-corrected chi connectivity index (χ4v) is 9.55. The number of amides is 5. The Bertz CT molecular complexity index is 2820. The van der Waals surface area contributed by atoms with Gasteiger partial charge in [-0.2, -0.15) is 15.4 Å². The van der Waals surface area contributed by atoms with Crippen LogP contribution in [-0.4, -0.2) is 121 Å². The summed E-state index contributed by atoms with van der Waals surface area (Å²) in [7, 11) is 1.51. The highest BCUT2D eigenvalue weighted by Crippen LogP contribution is 2.39. The van der Waals surface area contributed by atoms with E-state index in [0.29, 0.717) is 67.5 Å². The first-order valence-corrected chi connectivity index (χ1v) is 26.2. The first kappa shape index (κ1) is 57.6. The van der Waals surface area contributed by atoms with Crippen LogP contribution in [0.15, 0.2) is 77.0 Å². The van der Waals surface area contributed by atoms with Crippen LogP contribution in [0.25, 0.3) is 22.2 Å². The Morgan fingerprint density at radius 2 is 1.47 bits per heavy atom. The predicted molar refractivity (Wildman–Crippen MR) is 285 cm³/mol. The van der Waals surface area contributed by atoms with Crippen molar-refractivity contribution in [3.05, 3.63) is 88.8 Å². The molecule has 6 N–H and O–H groups in total. The summed E-state index contributed by atoms with van der Waals surface area (Å²) in [5.74, 6) is -1.59. The Hall–Kier alpha value is -6.71. The number of alkyl carbamates (subject to hydrolysis) is 2. The third-order valence-corrected chi connectivity index (χ3v) is 13.3. The van der Waals surface area contributed by atoms with Gasteiger partial charge in [-0.25, -0.2) is 19.4 Å². The lowest BCUT2D eigenvalue weighted by Crippen LogP contribution is -2.57. The molecule has 75 heavy (non-hydrogen) atoms. The van der Waals surface area contributed by atoms with Crippen LogP contribution in [0.4, 0.5) is 14.4 Å². The number of halogens is 1. The highest BCUT2D eigenvalue weighted by atomic mass is 35.5. The van der Waals surface area contributed by atoms with Gasteiger partial charge in [0, 0.05) is 67.9 Å². The number of unbranched alkanes of at least 4 members (excludes halogenated alkanes) is 1. The number of carbonyl (C=O) groups excluding carboxylic acids is 6. The van der Waals surface area contributed by atoms with E-state index in [4.69, 9.17) is 30.8 Å². The van der Waals surface area contributed by atoms with Crippen LogP contribution in [0.2, 0.25) is 5.02 Å². The van der Waals surface area contributed by atoms with Crippen molar-refractivity contribution in [2.75, 3.05) is 20.1 Å². The summed E-state index contributed by atoms with van der Waals surface area (Å²) < 4.78 is 18.0. The van der Waals surface area contributed by atoms with Gasteiger partial charge < -0.3 is 45.7 Å². The molecular weight excluding hydrogens is 1000 g/mol. The molecule has 0 saturated heterocycles. The van der Waals surface area contributed by atoms with Crippen molar-refractivity contribution in [2.24, 2.45) is 0 Å². The fraction of sp³-hybridized carbons (Fsp3) is 0.491. The van der Waals surface area contributed by atoms with Crippen molar-refractivity contribution in [1.29, 1.82) is 0 Å². The smallest absolute Gasteiger partial charge is 0.419 e. The Morgan fingerprint density at radius 1 is 0.800 bits per heavy atom. The zero-order chi connectivity index (χ0) is 54.7. The summed E-state index contributed by atoms with van der Waals surface area (Å²) in [4.78, 5) is 90.4. The number of nitrogens with one attached hydrogen (secondary N) is 6. The molecule has 0 fully saturated rings. The van der Waals surface area contributed by atoms with E-state index in [1.54, 1.807) is 105 Å². The maximum absolute atomic E-state index is 15.2. The lowest BCUT2D eigenvalue weighted by molar-refractivity contribution is -0.142. The predicted octanol–water partition coefficient (Wildman–Crippen LogP) is 8.05. The second-order valence-electron chi connectivity index (χ2n) is 21.3. The number of pyridine rings is 1. The average Bonchev–Trinajstić information content (AvgIpc) is 4.00. The molecule has 0 bridgehead atoms. The number of fused-ring (bicyclic) bond motifs is 3. The van der Waals surface area contributed by atoms with Crippen molar-refractivity contribution in [3.8, 4) is 11.3 Å². The Morgan fingerprint density at radius 3 is 2.13 bits per heavy atom. The second kappa shape index (κ2) is 25.2. The van der Waals surface area contributed by atoms with Crippen molar-refractivity contribution >= 4 is 70.3 Å². The molecule has 3 aromatic heterocycles. The zero-order valence-electron chi connectivity index (χ0n) is 44.4. The van der Waals surface area contributed by atoms with Gasteiger partial charge in [0.15, 0.2) is 0 Å². The third-order valence-electron chi connectivity index (χ3n) is 11.6. The number of aromatic amines is 1. The van der Waals surface area contributed by atoms with Crippen LogP contribution in [0.5, 0.6) is 0 Å². The van der Waals surface area contributed by atoms with E-state index in [-0.39, 0.29) is 45.4 Å². The van der Waals surface area contributed by atoms with Crippen LogP contribution >= 0.6 is 23.4 Å². The molecule has 2 aromatic carbocycles. The van der Waals surface area contributed by atoms with Crippen LogP contribution < -0.4 is 26.6 Å². The number of benzene rings is 2. The van der Waals surface area contributed by atoms with E-state index in [1.807, 2.05) is 24.3 Å². The SMILES string of the molecule is CN1C(=O)[C@H](CCCCNC(=O)OC(C)(C)C)NC(=O)[C@H](CCCNC(=O)OC(C)(C)C)NCc2cccnc2Sc2c(Cl)cc(-c3cn[nH]n3)cc2CNC(=O)[C@@H]1Cc1cn(C(=O)OC(C)(C)C)c2ccccc12. The highest BCUT2D eigenvalue weighted by Gasteiger charge is 2.35. The number of carbonyl (C=O) groups is 6. The number of ether oxygens (including phenoxy) is 3. The molecule has 20 nitrogen and oxygen atoms in total. The summed E-state index contributed by atoms with van der Waals surface area (Å²) in [6, 6.07) is 11.2. The number of H-pyrrole nitrogens is 1. The largest absolute Gasteiger partial charge is 0.444 e. The fourth-order valence-electron chi connectivity index (χ4n) is 8.20. The van der Waals surface area contributed by atoms with Gasteiger partial charge in [0.25, 0.3) is 0 Å². The van der Waals surface area contributed by atoms with Gasteiger partial charge in [-0.15, -0.1) is 0 Å². The van der Waals surface area contributed by atoms with Crippen LogP contribution in [-0.2, 0) is 48.1 Å². The minimum absolute atomic E-state index is 0.0462. The maximum Gasteiger partial charge on any atom is 0.419 e. The molecule has 0 spiro atoms. The maximum atomic E-state index is 15.2. The summed E-state index contributed by atoms with van der Waals surface area (Å²) in [5.41, 5.74) is 1.40. The molecule has 4 heterocycles. The van der Waals surface area contributed by atoms with Gasteiger partial charge in [-0.3, -0.25) is 19.0 Å². The first-order valence-electron chi connectivity index (χ1n) is 25.0. The van der Waals surface area contributed by atoms with E-state index in [9.17, 15) is 19.2 Å². The molecule has 404 valence electrons. The Balaban J connectivity index is 1.42. The highest BCUT2D eigenvalue weighted by molar-refractivity contribution is 7.99. The third kappa shape index (κ3) is 16.9. The number of rotatable bonds is 12. The monoisotopic (exact) mass is 1070 g/mol. The Labute approximate surface area is 446 Å². The van der Waals surface area contributed by atoms with E-state index in [0.717, 1.165) is 5.56 Å². The lowest BCUT2D eigenvalue weighted by Gasteiger charge is -2.32. The van der Waals surface area contributed by atoms with E-state index in [1.165, 1.54) is 28.3 Å². The molecule has 1 aliphatic rings. The number of aromatic nitrogens is 5. The minimum Gasteiger partial charge on any atom is -0.444 e. The standard InChI is InChI=1S/C53H70ClN11O9S/c1-51(2,3)72-48(69)56-22-14-13-19-39-47(68)64(10)42(27-35-31-65(50(71)74-53(7,8)9)41-21-12-11-18-36(35)41)45(67)59-29-34-25-33(40-30-60-63-62-40)26-37(54)43(34)75-46-32(17-15-23-55-46)28-58-38(44(66)61-39)20-16-24-57-49(70)73-52(4,5)6/h11-12,15,17-18,21,23,25-26,30-31,38-39,42,58H,13-14,16,19-20,22,24,27-29H2,1-10H3,(H,56,69)(H,57,70)(H,59,67)(H,61,66)(H,60,62,63)/t38-,39-,42-/m0/s1. The van der Waals surface area contributed by atoms with Crippen LogP contribution in [0.1, 0.15) is 111 Å². The summed E-state index contributed by atoms with van der Waals surface area (Å²) in [6.07, 6.45) is 4.48. The van der Waals surface area contributed by atoms with Gasteiger partial charge in [0.2, 0.25) is 17.7 Å². The molecule has 6 rings (SSSR count). The minimum atomic E-state index is -1.21. The molecule has 5 aromatic rings. The van der Waals surface area contributed by atoms with E-state index >= 15 is 9.59 Å². The number of hydrogen-bond acceptors (Lipinski definition) is 14. The molecule has 0 unspecified atom stereocenters. The summed E-state index contributed by atoms with van der Waals surface area (Å²) in [6.45, 7) is 16.4. The number of hydrogen-bond donors (Lipinski definition) is 6. The molecule has 0 saturated carbocycles. The second-order valence-corrected chi connectivity index (χ2v) is 22.7. The van der Waals surface area contributed by atoms with E-state index < -0.39 is 70.9 Å². The van der Waals surface area contributed by atoms with Crippen molar-refractivity contribution in [3.63, 3.8) is 0 Å². The van der Waals surface area contributed by atoms with Gasteiger partial charge >= 0.3 is 18.3 Å². The molecular formula is C53H70ClN11O9S. The molecule has 3 atom stereocenters. The number of para-hydroxylation sites is 1. The molecule has 5 amide bonds. The number of likely N-dealkylation sites (N-methyl/N-ethyl adjacent to an activating group) is 1. The molecule has 1 aliphatic heterocycles. The van der Waals surface area contributed by atoms with Crippen LogP contribution in [0, 0.1) is 0 Å². The topological polar surface area (TPSA) is 253 Å². The summed E-state index contributed by atoms with van der Waals surface area (Å²) >= 11 is 8.42. The molecule has 0 aliphatic carbocycles. The average molecular weight is 1070 g/mol. The molecule has 0 radical (unpaired) electrons. The summed E-state index contributed by atoms with van der Waals surface area (Å²) in [5, 5.41) is 27.5. The van der Waals surface area contributed by atoms with Crippen molar-refractivity contribution in [1.82, 2.24) is 56.4 Å². The van der Waals surface area contributed by atoms with Crippen LogP contribution in [0.3, 0.4) is 0 Å². The van der Waals surface area contributed by atoms with Gasteiger partial charge in [-0.05, 0) is 135 Å². The molecule has 22 heteroatoms.